The minimum atomic E-state index is -0.0153. The Bertz CT molecular complexity index is 716. The van der Waals surface area contributed by atoms with Gasteiger partial charge < -0.3 is 20.4 Å². The van der Waals surface area contributed by atoms with Crippen molar-refractivity contribution in [1.82, 2.24) is 15.5 Å². The zero-order valence-corrected chi connectivity index (χ0v) is 17.8. The summed E-state index contributed by atoms with van der Waals surface area (Å²) in [6, 6.07) is 14.6. The van der Waals surface area contributed by atoms with Crippen molar-refractivity contribution in [2.24, 2.45) is 4.99 Å². The van der Waals surface area contributed by atoms with Crippen LogP contribution in [0.1, 0.15) is 18.2 Å². The first-order valence-electron chi connectivity index (χ1n) is 9.65. The van der Waals surface area contributed by atoms with Crippen LogP contribution in [0.15, 0.2) is 52.8 Å². The molecule has 6 nitrogen and oxygen atoms in total. The van der Waals surface area contributed by atoms with E-state index in [1.54, 1.807) is 30.3 Å². The number of para-hydroxylation sites is 1. The van der Waals surface area contributed by atoms with Gasteiger partial charge in [-0.05, 0) is 36.9 Å². The Morgan fingerprint density at radius 3 is 2.54 bits per heavy atom. The van der Waals surface area contributed by atoms with E-state index in [1.165, 1.54) is 10.6 Å². The van der Waals surface area contributed by atoms with E-state index < -0.39 is 0 Å². The van der Waals surface area contributed by atoms with Gasteiger partial charge in [-0.15, -0.1) is 11.3 Å². The predicted octanol–water partition coefficient (Wildman–Crippen LogP) is 2.79. The number of hydrogen-bond donors (Lipinski definition) is 2. The van der Waals surface area contributed by atoms with E-state index in [9.17, 15) is 4.79 Å². The Kier molecular flexibility index (Phi) is 9.34. The Morgan fingerprint density at radius 1 is 1.11 bits per heavy atom. The quantitative estimate of drug-likeness (QED) is 0.365. The molecule has 0 bridgehead atoms. The highest BCUT2D eigenvalue weighted by molar-refractivity contribution is 7.09. The molecule has 2 N–H and O–H groups in total. The van der Waals surface area contributed by atoms with Crippen LogP contribution >= 0.6 is 11.3 Å². The number of nitrogens with zero attached hydrogens (tertiary/aromatic N) is 3. The number of carbonyl (C=O) groups is 1. The first kappa shape index (κ1) is 21.8. The maximum absolute atomic E-state index is 11.9. The van der Waals surface area contributed by atoms with E-state index in [-0.39, 0.29) is 12.5 Å². The van der Waals surface area contributed by atoms with Gasteiger partial charge in [0.2, 0.25) is 5.91 Å². The van der Waals surface area contributed by atoms with E-state index in [1.807, 2.05) is 12.1 Å². The van der Waals surface area contributed by atoms with Crippen molar-refractivity contribution in [2.75, 3.05) is 45.2 Å². The molecule has 2 aromatic rings. The van der Waals surface area contributed by atoms with Crippen LogP contribution in [0.3, 0.4) is 0 Å². The molecule has 1 amide bonds. The summed E-state index contributed by atoms with van der Waals surface area (Å²) in [6.07, 6.45) is 0.976. The second-order valence-corrected chi connectivity index (χ2v) is 7.61. The van der Waals surface area contributed by atoms with Gasteiger partial charge in [0.25, 0.3) is 0 Å². The first-order chi connectivity index (χ1) is 13.6. The standard InChI is InChI=1S/C21H31N5OS/c1-4-26(18-10-6-5-7-11-18)14-9-13-22-21(24-17-20(27)25(2)3)23-16-19-12-8-15-28-19/h5-8,10-12,15H,4,9,13-14,16-17H2,1-3H3,(H2,22,23,24). The molecule has 0 radical (unpaired) electrons. The summed E-state index contributed by atoms with van der Waals surface area (Å²) in [7, 11) is 3.49. The Hall–Kier alpha value is -2.54. The van der Waals surface area contributed by atoms with Crippen LogP contribution in [0.2, 0.25) is 0 Å². The molecule has 0 spiro atoms. The smallest absolute Gasteiger partial charge is 0.243 e. The molecule has 0 aliphatic carbocycles. The SMILES string of the molecule is CCN(CCCNC(=NCC(=O)N(C)C)NCc1cccs1)c1ccccc1. The summed E-state index contributed by atoms with van der Waals surface area (Å²) in [4.78, 5) is 21.4. The molecule has 1 aromatic carbocycles. The van der Waals surface area contributed by atoms with Crippen molar-refractivity contribution in [3.05, 3.63) is 52.7 Å². The first-order valence-corrected chi connectivity index (χ1v) is 10.5. The number of nitrogens with one attached hydrogen (secondary N) is 2. The summed E-state index contributed by atoms with van der Waals surface area (Å²) in [5.74, 6) is 0.657. The van der Waals surface area contributed by atoms with Gasteiger partial charge in [-0.3, -0.25) is 4.79 Å². The maximum atomic E-state index is 11.9. The van der Waals surface area contributed by atoms with Crippen LogP contribution in [0.25, 0.3) is 0 Å². The van der Waals surface area contributed by atoms with Gasteiger partial charge in [0.1, 0.15) is 6.54 Å². The number of guanidine groups is 1. The topological polar surface area (TPSA) is 60.0 Å². The van der Waals surface area contributed by atoms with Crippen LogP contribution < -0.4 is 15.5 Å². The fourth-order valence-corrected chi connectivity index (χ4v) is 3.28. The van der Waals surface area contributed by atoms with Gasteiger partial charge in [-0.2, -0.15) is 0 Å². The predicted molar refractivity (Wildman–Crippen MR) is 119 cm³/mol. The molecule has 1 aromatic heterocycles. The zero-order valence-electron chi connectivity index (χ0n) is 17.0. The summed E-state index contributed by atoms with van der Waals surface area (Å²) >= 11 is 1.70. The summed E-state index contributed by atoms with van der Waals surface area (Å²) in [5, 5.41) is 8.72. The van der Waals surface area contributed by atoms with Gasteiger partial charge in [0.05, 0.1) is 6.54 Å². The Labute approximate surface area is 172 Å². The van der Waals surface area contributed by atoms with Crippen LogP contribution in [-0.4, -0.2) is 57.0 Å². The molecule has 0 unspecified atom stereocenters. The number of aliphatic imine (C=N–C) groups is 1. The normalized spacial score (nSPS) is 11.2. The number of carbonyl (C=O) groups excluding carboxylic acids is 1. The lowest BCUT2D eigenvalue weighted by Gasteiger charge is -2.23. The molecule has 2 rings (SSSR count). The third-order valence-electron chi connectivity index (χ3n) is 4.28. The largest absolute Gasteiger partial charge is 0.372 e. The highest BCUT2D eigenvalue weighted by Gasteiger charge is 2.06. The highest BCUT2D eigenvalue weighted by Crippen LogP contribution is 2.12. The molecule has 28 heavy (non-hydrogen) atoms. The van der Waals surface area contributed by atoms with Crippen molar-refractivity contribution in [1.29, 1.82) is 0 Å². The van der Waals surface area contributed by atoms with Gasteiger partial charge in [-0.25, -0.2) is 4.99 Å². The third-order valence-corrected chi connectivity index (χ3v) is 5.16. The number of thiophene rings is 1. The van der Waals surface area contributed by atoms with E-state index in [4.69, 9.17) is 0 Å². The maximum Gasteiger partial charge on any atom is 0.243 e. The molecule has 0 fully saturated rings. The highest BCUT2D eigenvalue weighted by atomic mass is 32.1. The van der Waals surface area contributed by atoms with Crippen molar-refractivity contribution < 1.29 is 4.79 Å². The van der Waals surface area contributed by atoms with Crippen LogP contribution in [0.5, 0.6) is 0 Å². The molecule has 1 heterocycles. The van der Waals surface area contributed by atoms with E-state index in [0.717, 1.165) is 26.1 Å². The van der Waals surface area contributed by atoms with E-state index in [0.29, 0.717) is 12.5 Å². The lowest BCUT2D eigenvalue weighted by Crippen LogP contribution is -2.39. The molecule has 152 valence electrons. The van der Waals surface area contributed by atoms with Gasteiger partial charge in [0, 0.05) is 44.3 Å². The van der Waals surface area contributed by atoms with E-state index >= 15 is 0 Å². The number of anilines is 1. The summed E-state index contributed by atoms with van der Waals surface area (Å²) < 4.78 is 0. The van der Waals surface area contributed by atoms with Gasteiger partial charge in [0.15, 0.2) is 5.96 Å². The Morgan fingerprint density at radius 2 is 1.89 bits per heavy atom. The molecule has 0 aliphatic rings. The minimum absolute atomic E-state index is 0.0153. The number of rotatable bonds is 10. The van der Waals surface area contributed by atoms with Crippen molar-refractivity contribution in [2.45, 2.75) is 19.9 Å². The third kappa shape index (κ3) is 7.60. The second kappa shape index (κ2) is 12.0. The fraction of sp³-hybridized carbons (Fsp3) is 0.429. The average Bonchev–Trinajstić information content (AvgIpc) is 3.23. The van der Waals surface area contributed by atoms with Gasteiger partial charge in [-0.1, -0.05) is 24.3 Å². The lowest BCUT2D eigenvalue weighted by atomic mass is 10.2. The van der Waals surface area contributed by atoms with Crippen molar-refractivity contribution in [3.8, 4) is 0 Å². The minimum Gasteiger partial charge on any atom is -0.372 e. The van der Waals surface area contributed by atoms with Crippen molar-refractivity contribution >= 4 is 28.9 Å². The zero-order chi connectivity index (χ0) is 20.2. The Balaban J connectivity index is 1.84. The molecular weight excluding hydrogens is 370 g/mol. The average molecular weight is 402 g/mol. The number of amides is 1. The molecule has 0 saturated heterocycles. The monoisotopic (exact) mass is 401 g/mol. The van der Waals surface area contributed by atoms with E-state index in [2.05, 4.69) is 63.2 Å². The lowest BCUT2D eigenvalue weighted by molar-refractivity contribution is -0.127. The molecule has 0 saturated carbocycles. The van der Waals surface area contributed by atoms with Crippen LogP contribution in [0.4, 0.5) is 5.69 Å². The second-order valence-electron chi connectivity index (χ2n) is 6.58. The molecule has 0 atom stereocenters. The number of hydrogen-bond acceptors (Lipinski definition) is 4. The fourth-order valence-electron chi connectivity index (χ4n) is 2.63. The van der Waals surface area contributed by atoms with Gasteiger partial charge >= 0.3 is 0 Å². The van der Waals surface area contributed by atoms with Crippen LogP contribution in [0, 0.1) is 0 Å². The van der Waals surface area contributed by atoms with Crippen molar-refractivity contribution in [3.63, 3.8) is 0 Å². The number of likely N-dealkylation sites (N-methyl/N-ethyl adjacent to an activating group) is 1. The summed E-state index contributed by atoms with van der Waals surface area (Å²) in [5.41, 5.74) is 1.24. The molecule has 7 heteroatoms. The molecule has 0 aliphatic heterocycles. The van der Waals surface area contributed by atoms with Crippen LogP contribution in [-0.2, 0) is 11.3 Å². The number of benzene rings is 1. The molecular formula is C21H31N5OS. The summed E-state index contributed by atoms with van der Waals surface area (Å²) in [6.45, 7) is 5.72.